The van der Waals surface area contributed by atoms with Crippen molar-refractivity contribution in [2.45, 2.75) is 19.5 Å². The molecule has 0 aliphatic carbocycles. The SMILES string of the molecule is COc1ccc(C(=O)c2c(C)n(CC3COCCN3C)c3ccccc23)cc1. The zero-order chi connectivity index (χ0) is 19.7. The minimum atomic E-state index is 0.0448. The topological polar surface area (TPSA) is 43.7 Å². The lowest BCUT2D eigenvalue weighted by molar-refractivity contribution is 0.0000708. The lowest BCUT2D eigenvalue weighted by Gasteiger charge is -2.33. The van der Waals surface area contributed by atoms with Crippen molar-refractivity contribution in [2.75, 3.05) is 33.9 Å². The van der Waals surface area contributed by atoms with Crippen LogP contribution in [-0.2, 0) is 11.3 Å². The maximum atomic E-state index is 13.4. The van der Waals surface area contributed by atoms with E-state index in [2.05, 4.69) is 22.6 Å². The minimum Gasteiger partial charge on any atom is -0.497 e. The van der Waals surface area contributed by atoms with Gasteiger partial charge in [-0.2, -0.15) is 0 Å². The number of para-hydroxylation sites is 1. The average molecular weight is 378 g/mol. The van der Waals surface area contributed by atoms with Gasteiger partial charge in [-0.15, -0.1) is 0 Å². The van der Waals surface area contributed by atoms with E-state index in [0.29, 0.717) is 18.2 Å². The van der Waals surface area contributed by atoms with E-state index in [0.717, 1.165) is 47.6 Å². The highest BCUT2D eigenvalue weighted by atomic mass is 16.5. The Kier molecular flexibility index (Phi) is 5.20. The summed E-state index contributed by atoms with van der Waals surface area (Å²) in [4.78, 5) is 15.7. The van der Waals surface area contributed by atoms with E-state index in [1.54, 1.807) is 7.11 Å². The molecule has 2 aromatic carbocycles. The first kappa shape index (κ1) is 18.7. The summed E-state index contributed by atoms with van der Waals surface area (Å²) in [7, 11) is 3.76. The molecular formula is C23H26N2O3. The number of nitrogens with zero attached hydrogens (tertiary/aromatic N) is 2. The van der Waals surface area contributed by atoms with Crippen LogP contribution in [0.25, 0.3) is 10.9 Å². The Hall–Kier alpha value is -2.63. The number of ketones is 1. The first-order chi connectivity index (χ1) is 13.6. The maximum absolute atomic E-state index is 13.4. The van der Waals surface area contributed by atoms with E-state index in [-0.39, 0.29) is 5.78 Å². The normalized spacial score (nSPS) is 17.8. The quantitative estimate of drug-likeness (QED) is 0.637. The van der Waals surface area contributed by atoms with Gasteiger partial charge in [0.2, 0.25) is 0 Å². The van der Waals surface area contributed by atoms with Crippen molar-refractivity contribution in [1.82, 2.24) is 9.47 Å². The molecule has 1 unspecified atom stereocenters. The first-order valence-corrected chi connectivity index (χ1v) is 9.64. The van der Waals surface area contributed by atoms with Crippen LogP contribution in [0.4, 0.5) is 0 Å². The molecule has 1 aliphatic heterocycles. The predicted octanol–water partition coefficient (Wildman–Crippen LogP) is 3.52. The summed E-state index contributed by atoms with van der Waals surface area (Å²) >= 11 is 0. The monoisotopic (exact) mass is 378 g/mol. The summed E-state index contributed by atoms with van der Waals surface area (Å²) in [6, 6.07) is 15.8. The lowest BCUT2D eigenvalue weighted by Crippen LogP contribution is -2.45. The van der Waals surface area contributed by atoms with Crippen LogP contribution >= 0.6 is 0 Å². The summed E-state index contributed by atoms with van der Waals surface area (Å²) in [5, 5.41) is 1.00. The molecule has 0 amide bonds. The summed E-state index contributed by atoms with van der Waals surface area (Å²) < 4.78 is 13.2. The molecule has 1 saturated heterocycles. The van der Waals surface area contributed by atoms with Crippen molar-refractivity contribution >= 4 is 16.7 Å². The Balaban J connectivity index is 1.76. The zero-order valence-corrected chi connectivity index (χ0v) is 16.6. The molecule has 4 rings (SSSR count). The number of aromatic nitrogens is 1. The van der Waals surface area contributed by atoms with Crippen LogP contribution in [0.5, 0.6) is 5.75 Å². The number of ether oxygens (including phenoxy) is 2. The smallest absolute Gasteiger partial charge is 0.195 e. The summed E-state index contributed by atoms with van der Waals surface area (Å²) in [5.74, 6) is 0.791. The highest BCUT2D eigenvalue weighted by Crippen LogP contribution is 2.29. The van der Waals surface area contributed by atoms with Crippen LogP contribution in [0, 0.1) is 6.92 Å². The second kappa shape index (κ2) is 7.78. The number of morpholine rings is 1. The highest BCUT2D eigenvalue weighted by molar-refractivity contribution is 6.17. The summed E-state index contributed by atoms with van der Waals surface area (Å²) in [6.07, 6.45) is 0. The van der Waals surface area contributed by atoms with E-state index in [1.165, 1.54) is 0 Å². The third-order valence-corrected chi connectivity index (χ3v) is 5.73. The number of fused-ring (bicyclic) bond motifs is 1. The molecule has 2 heterocycles. The van der Waals surface area contributed by atoms with Gasteiger partial charge in [0.25, 0.3) is 0 Å². The molecule has 5 nitrogen and oxygen atoms in total. The third-order valence-electron chi connectivity index (χ3n) is 5.73. The standard InChI is InChI=1S/C23H26N2O3/c1-16-22(23(26)17-8-10-19(27-3)11-9-17)20-6-4-5-7-21(20)25(16)14-18-15-28-13-12-24(18)2/h4-11,18H,12-15H2,1-3H3. The molecule has 1 aliphatic rings. The number of likely N-dealkylation sites (N-methyl/N-ethyl adjacent to an activating group) is 1. The van der Waals surface area contributed by atoms with Crippen molar-refractivity contribution < 1.29 is 14.3 Å². The van der Waals surface area contributed by atoms with E-state index < -0.39 is 0 Å². The van der Waals surface area contributed by atoms with Crippen molar-refractivity contribution in [2.24, 2.45) is 0 Å². The lowest BCUT2D eigenvalue weighted by atomic mass is 10.0. The van der Waals surface area contributed by atoms with Crippen LogP contribution in [0.1, 0.15) is 21.6 Å². The molecule has 1 fully saturated rings. The number of methoxy groups -OCH3 is 1. The molecule has 5 heteroatoms. The van der Waals surface area contributed by atoms with Crippen LogP contribution in [0.3, 0.4) is 0 Å². The van der Waals surface area contributed by atoms with Crippen LogP contribution in [0.15, 0.2) is 48.5 Å². The predicted molar refractivity (Wildman–Crippen MR) is 110 cm³/mol. The molecule has 1 aromatic heterocycles. The molecular weight excluding hydrogens is 352 g/mol. The largest absolute Gasteiger partial charge is 0.497 e. The zero-order valence-electron chi connectivity index (χ0n) is 16.6. The summed E-state index contributed by atoms with van der Waals surface area (Å²) in [5.41, 5.74) is 3.54. The van der Waals surface area contributed by atoms with Gasteiger partial charge in [0.05, 0.1) is 31.9 Å². The van der Waals surface area contributed by atoms with Gasteiger partial charge in [-0.3, -0.25) is 9.69 Å². The highest BCUT2D eigenvalue weighted by Gasteiger charge is 2.25. The van der Waals surface area contributed by atoms with Crippen LogP contribution in [0.2, 0.25) is 0 Å². The van der Waals surface area contributed by atoms with Crippen molar-refractivity contribution in [3.63, 3.8) is 0 Å². The molecule has 0 spiro atoms. The minimum absolute atomic E-state index is 0.0448. The van der Waals surface area contributed by atoms with Crippen molar-refractivity contribution in [3.8, 4) is 5.75 Å². The van der Waals surface area contributed by atoms with E-state index in [9.17, 15) is 4.79 Å². The van der Waals surface area contributed by atoms with Crippen molar-refractivity contribution in [3.05, 3.63) is 65.4 Å². The van der Waals surface area contributed by atoms with E-state index in [1.807, 2.05) is 49.4 Å². The average Bonchev–Trinajstić information content (AvgIpc) is 3.01. The molecule has 146 valence electrons. The second-order valence-corrected chi connectivity index (χ2v) is 7.36. The van der Waals surface area contributed by atoms with Gasteiger partial charge >= 0.3 is 0 Å². The van der Waals surface area contributed by atoms with Crippen molar-refractivity contribution in [1.29, 1.82) is 0 Å². The molecule has 0 radical (unpaired) electrons. The molecule has 0 saturated carbocycles. The van der Waals surface area contributed by atoms with Gasteiger partial charge in [0.15, 0.2) is 5.78 Å². The van der Waals surface area contributed by atoms with Gasteiger partial charge in [-0.1, -0.05) is 18.2 Å². The number of benzene rings is 2. The Morgan fingerprint density at radius 3 is 2.64 bits per heavy atom. The van der Waals surface area contributed by atoms with Crippen LogP contribution in [-0.4, -0.2) is 55.2 Å². The molecule has 28 heavy (non-hydrogen) atoms. The molecule has 1 atom stereocenters. The number of carbonyl (C=O) groups excluding carboxylic acids is 1. The van der Waals surface area contributed by atoms with Crippen LogP contribution < -0.4 is 4.74 Å². The van der Waals surface area contributed by atoms with E-state index >= 15 is 0 Å². The van der Waals surface area contributed by atoms with Gasteiger partial charge in [0.1, 0.15) is 5.75 Å². The number of hydrogen-bond donors (Lipinski definition) is 0. The summed E-state index contributed by atoms with van der Waals surface area (Å²) in [6.45, 7) is 5.27. The van der Waals surface area contributed by atoms with Gasteiger partial charge in [-0.25, -0.2) is 0 Å². The Morgan fingerprint density at radius 1 is 1.18 bits per heavy atom. The number of rotatable bonds is 5. The maximum Gasteiger partial charge on any atom is 0.195 e. The molecule has 3 aromatic rings. The fourth-order valence-corrected chi connectivity index (χ4v) is 3.98. The Bertz CT molecular complexity index is 991. The first-order valence-electron chi connectivity index (χ1n) is 9.64. The second-order valence-electron chi connectivity index (χ2n) is 7.36. The van der Waals surface area contributed by atoms with Gasteiger partial charge in [-0.05, 0) is 44.3 Å². The number of carbonyl (C=O) groups is 1. The molecule has 0 N–H and O–H groups in total. The third kappa shape index (κ3) is 3.32. The fourth-order valence-electron chi connectivity index (χ4n) is 3.98. The van der Waals surface area contributed by atoms with Gasteiger partial charge in [0, 0.05) is 35.2 Å². The number of hydrogen-bond acceptors (Lipinski definition) is 4. The Morgan fingerprint density at radius 2 is 1.93 bits per heavy atom. The fraction of sp³-hybridized carbons (Fsp3) is 0.348. The molecule has 0 bridgehead atoms. The van der Waals surface area contributed by atoms with E-state index in [4.69, 9.17) is 9.47 Å². The van der Waals surface area contributed by atoms with Gasteiger partial charge < -0.3 is 14.0 Å². The Labute approximate surface area is 165 Å².